The maximum Gasteiger partial charge on any atom is 0.227 e. The van der Waals surface area contributed by atoms with Crippen molar-refractivity contribution in [1.82, 2.24) is 15.1 Å². The molecule has 3 amide bonds. The first kappa shape index (κ1) is 20.2. The van der Waals surface area contributed by atoms with Crippen molar-refractivity contribution in [1.29, 1.82) is 0 Å². The Bertz CT molecular complexity index is 764. The number of amides is 3. The molecule has 3 aliphatic rings. The quantitative estimate of drug-likeness (QED) is 0.821. The molecule has 0 unspecified atom stereocenters. The average Bonchev–Trinajstić information content (AvgIpc) is 3.24. The van der Waals surface area contributed by atoms with Gasteiger partial charge in [0.15, 0.2) is 0 Å². The van der Waals surface area contributed by atoms with Crippen LogP contribution in [0.1, 0.15) is 43.6 Å². The van der Waals surface area contributed by atoms with Gasteiger partial charge in [0.1, 0.15) is 0 Å². The van der Waals surface area contributed by atoms with Crippen LogP contribution in [0.4, 0.5) is 0 Å². The Labute approximate surface area is 176 Å². The van der Waals surface area contributed by atoms with Gasteiger partial charge in [-0.15, -0.1) is 0 Å². The fourth-order valence-electron chi connectivity index (χ4n) is 4.77. The summed E-state index contributed by atoms with van der Waals surface area (Å²) < 4.78 is 0. The van der Waals surface area contributed by atoms with E-state index in [4.69, 9.17) is 11.6 Å². The molecule has 2 atom stereocenters. The molecule has 0 aromatic heterocycles. The van der Waals surface area contributed by atoms with Crippen molar-refractivity contribution in [2.24, 2.45) is 11.8 Å². The molecule has 3 heterocycles. The Hall–Kier alpha value is -2.08. The first-order valence-electron chi connectivity index (χ1n) is 10.6. The third-order valence-electron chi connectivity index (χ3n) is 6.61. The van der Waals surface area contributed by atoms with E-state index in [2.05, 4.69) is 17.4 Å². The lowest BCUT2D eigenvalue weighted by Gasteiger charge is -2.35. The van der Waals surface area contributed by atoms with Crippen molar-refractivity contribution in [3.63, 3.8) is 0 Å². The molecule has 29 heavy (non-hydrogen) atoms. The molecule has 7 heteroatoms. The fourth-order valence-corrected chi connectivity index (χ4v) is 4.90. The largest absolute Gasteiger partial charge is 0.355 e. The number of nitrogens with zero attached hydrogens (tertiary/aromatic N) is 2. The van der Waals surface area contributed by atoms with Crippen LogP contribution in [0.15, 0.2) is 24.3 Å². The Balaban J connectivity index is 1.26. The van der Waals surface area contributed by atoms with E-state index in [1.54, 1.807) is 0 Å². The molecule has 4 rings (SSSR count). The maximum absolute atomic E-state index is 13.0. The van der Waals surface area contributed by atoms with Crippen molar-refractivity contribution in [2.75, 3.05) is 32.7 Å². The Morgan fingerprint density at radius 1 is 0.897 bits per heavy atom. The average molecular weight is 418 g/mol. The summed E-state index contributed by atoms with van der Waals surface area (Å²) in [6.45, 7) is 3.27. The van der Waals surface area contributed by atoms with Crippen molar-refractivity contribution >= 4 is 29.3 Å². The molecule has 1 aromatic rings. The molecule has 0 aliphatic carbocycles. The summed E-state index contributed by atoms with van der Waals surface area (Å²) >= 11 is 5.98. The molecule has 3 fully saturated rings. The highest BCUT2D eigenvalue weighted by Crippen LogP contribution is 2.31. The minimum absolute atomic E-state index is 0.00840. The summed E-state index contributed by atoms with van der Waals surface area (Å²) in [5.41, 5.74) is 1.24. The zero-order valence-electron chi connectivity index (χ0n) is 16.6. The zero-order chi connectivity index (χ0) is 20.4. The molecule has 156 valence electrons. The molecule has 6 nitrogen and oxygen atoms in total. The smallest absolute Gasteiger partial charge is 0.227 e. The van der Waals surface area contributed by atoms with Gasteiger partial charge in [-0.25, -0.2) is 0 Å². The van der Waals surface area contributed by atoms with Crippen LogP contribution < -0.4 is 5.32 Å². The Kier molecular flexibility index (Phi) is 6.09. The van der Waals surface area contributed by atoms with E-state index in [0.717, 1.165) is 37.4 Å². The van der Waals surface area contributed by atoms with E-state index in [-0.39, 0.29) is 29.6 Å². The van der Waals surface area contributed by atoms with Crippen LogP contribution in [0.2, 0.25) is 5.02 Å². The molecule has 1 N–H and O–H groups in total. The van der Waals surface area contributed by atoms with Crippen LogP contribution in [0.25, 0.3) is 0 Å². The van der Waals surface area contributed by atoms with Gasteiger partial charge in [-0.3, -0.25) is 14.4 Å². The lowest BCUT2D eigenvalue weighted by molar-refractivity contribution is -0.143. The molecular weight excluding hydrogens is 390 g/mol. The van der Waals surface area contributed by atoms with E-state index in [1.165, 1.54) is 5.56 Å². The summed E-state index contributed by atoms with van der Waals surface area (Å²) in [6.07, 6.45) is 3.49. The summed E-state index contributed by atoms with van der Waals surface area (Å²) in [7, 11) is 0. The van der Waals surface area contributed by atoms with Gasteiger partial charge < -0.3 is 15.1 Å². The highest BCUT2D eigenvalue weighted by molar-refractivity contribution is 6.30. The van der Waals surface area contributed by atoms with Gasteiger partial charge in [-0.2, -0.15) is 0 Å². The third kappa shape index (κ3) is 4.58. The van der Waals surface area contributed by atoms with Crippen molar-refractivity contribution in [2.45, 2.75) is 38.0 Å². The lowest BCUT2D eigenvalue weighted by Crippen LogP contribution is -2.49. The van der Waals surface area contributed by atoms with Crippen LogP contribution in [-0.2, 0) is 14.4 Å². The van der Waals surface area contributed by atoms with Gasteiger partial charge in [0, 0.05) is 56.0 Å². The number of carbonyl (C=O) groups is 3. The van der Waals surface area contributed by atoms with Crippen LogP contribution >= 0.6 is 11.6 Å². The van der Waals surface area contributed by atoms with Crippen LogP contribution in [0.5, 0.6) is 0 Å². The molecule has 1 aromatic carbocycles. The number of benzene rings is 1. The SMILES string of the molecule is O=C1CC[C@H](C(=O)N2CCC(C(=O)N3CC[C@H](c4ccc(Cl)cc4)C3)CC2)CN1. The predicted molar refractivity (Wildman–Crippen MR) is 110 cm³/mol. The second-order valence-electron chi connectivity index (χ2n) is 8.46. The molecule has 3 aliphatic heterocycles. The first-order valence-corrected chi connectivity index (χ1v) is 11.0. The number of nitrogens with one attached hydrogen (secondary N) is 1. The monoisotopic (exact) mass is 417 g/mol. The topological polar surface area (TPSA) is 69.7 Å². The van der Waals surface area contributed by atoms with Crippen molar-refractivity contribution in [3.8, 4) is 0 Å². The zero-order valence-corrected chi connectivity index (χ0v) is 17.4. The summed E-state index contributed by atoms with van der Waals surface area (Å²) in [5, 5.41) is 3.52. The standard InChI is InChI=1S/C22H28ClN3O3/c23-19-4-1-15(2-5-19)18-9-12-26(14-18)21(28)16-7-10-25(11-8-16)22(29)17-3-6-20(27)24-13-17/h1-2,4-5,16-18H,3,6-14H2,(H,24,27)/t17-,18-/m0/s1. The molecule has 0 bridgehead atoms. The second-order valence-corrected chi connectivity index (χ2v) is 8.90. The first-order chi connectivity index (χ1) is 14.0. The molecular formula is C22H28ClN3O3. The third-order valence-corrected chi connectivity index (χ3v) is 6.86. The highest BCUT2D eigenvalue weighted by Gasteiger charge is 2.36. The van der Waals surface area contributed by atoms with E-state index >= 15 is 0 Å². The molecule has 0 saturated carbocycles. The molecule has 3 saturated heterocycles. The van der Waals surface area contributed by atoms with E-state index in [0.29, 0.717) is 38.4 Å². The summed E-state index contributed by atoms with van der Waals surface area (Å²) in [6, 6.07) is 7.93. The van der Waals surface area contributed by atoms with Gasteiger partial charge in [0.05, 0.1) is 5.92 Å². The predicted octanol–water partition coefficient (Wildman–Crippen LogP) is 2.42. The second kappa shape index (κ2) is 8.74. The van der Waals surface area contributed by atoms with Crippen LogP contribution in [0.3, 0.4) is 0 Å². The number of piperidine rings is 2. The molecule has 0 radical (unpaired) electrons. The Morgan fingerprint density at radius 2 is 1.55 bits per heavy atom. The molecule has 0 spiro atoms. The normalized spacial score (nSPS) is 25.8. The number of hydrogen-bond donors (Lipinski definition) is 1. The number of halogens is 1. The van der Waals surface area contributed by atoms with Gasteiger partial charge >= 0.3 is 0 Å². The van der Waals surface area contributed by atoms with E-state index in [9.17, 15) is 14.4 Å². The van der Waals surface area contributed by atoms with Crippen LogP contribution in [-0.4, -0.2) is 60.2 Å². The maximum atomic E-state index is 13.0. The summed E-state index contributed by atoms with van der Waals surface area (Å²) in [4.78, 5) is 40.9. The fraction of sp³-hybridized carbons (Fsp3) is 0.591. The minimum atomic E-state index is -0.112. The van der Waals surface area contributed by atoms with Crippen molar-refractivity contribution in [3.05, 3.63) is 34.9 Å². The number of likely N-dealkylation sites (tertiary alicyclic amines) is 2. The number of carbonyl (C=O) groups excluding carboxylic acids is 3. The van der Waals surface area contributed by atoms with Gasteiger partial charge in [-0.1, -0.05) is 23.7 Å². The van der Waals surface area contributed by atoms with Gasteiger partial charge in [-0.05, 0) is 43.4 Å². The number of hydrogen-bond acceptors (Lipinski definition) is 3. The number of rotatable bonds is 3. The lowest BCUT2D eigenvalue weighted by atomic mass is 9.92. The highest BCUT2D eigenvalue weighted by atomic mass is 35.5. The van der Waals surface area contributed by atoms with Gasteiger partial charge in [0.25, 0.3) is 0 Å². The van der Waals surface area contributed by atoms with E-state index in [1.807, 2.05) is 21.9 Å². The van der Waals surface area contributed by atoms with E-state index < -0.39 is 0 Å². The summed E-state index contributed by atoms with van der Waals surface area (Å²) in [5.74, 6) is 0.659. The van der Waals surface area contributed by atoms with Crippen LogP contribution in [0, 0.1) is 11.8 Å². The van der Waals surface area contributed by atoms with Gasteiger partial charge in [0.2, 0.25) is 17.7 Å². The van der Waals surface area contributed by atoms with Crippen molar-refractivity contribution < 1.29 is 14.4 Å². The Morgan fingerprint density at radius 3 is 2.21 bits per heavy atom. The minimum Gasteiger partial charge on any atom is -0.355 e.